The highest BCUT2D eigenvalue weighted by molar-refractivity contribution is 6.31. The first kappa shape index (κ1) is 23.6. The van der Waals surface area contributed by atoms with Crippen molar-refractivity contribution in [3.8, 4) is 0 Å². The molecule has 1 saturated carbocycles. The van der Waals surface area contributed by atoms with Crippen molar-refractivity contribution in [3.63, 3.8) is 0 Å². The summed E-state index contributed by atoms with van der Waals surface area (Å²) in [4.78, 5) is 16.6. The van der Waals surface area contributed by atoms with Crippen LogP contribution in [-0.2, 0) is 4.79 Å². The molecule has 0 unspecified atom stereocenters. The van der Waals surface area contributed by atoms with Crippen molar-refractivity contribution in [1.82, 2.24) is 9.80 Å². The van der Waals surface area contributed by atoms with E-state index >= 15 is 0 Å². The Kier molecular flexibility index (Phi) is 6.75. The van der Waals surface area contributed by atoms with Gasteiger partial charge in [-0.05, 0) is 44.9 Å². The summed E-state index contributed by atoms with van der Waals surface area (Å²) in [5, 5.41) is 0.668. The van der Waals surface area contributed by atoms with Crippen LogP contribution in [0.15, 0.2) is 58.1 Å². The van der Waals surface area contributed by atoms with Crippen molar-refractivity contribution in [2.45, 2.75) is 39.8 Å². The van der Waals surface area contributed by atoms with E-state index in [4.69, 9.17) is 11.6 Å². The van der Waals surface area contributed by atoms with Crippen molar-refractivity contribution in [3.05, 3.63) is 58.1 Å². The molecule has 0 aromatic heterocycles. The van der Waals surface area contributed by atoms with Gasteiger partial charge in [0.25, 0.3) is 0 Å². The molecule has 1 heterocycles. The summed E-state index contributed by atoms with van der Waals surface area (Å²) < 4.78 is 54.7. The number of rotatable bonds is 4. The van der Waals surface area contributed by atoms with Gasteiger partial charge in [-0.3, -0.25) is 4.79 Å². The number of hydrogen-bond acceptors (Lipinski definition) is 2. The summed E-state index contributed by atoms with van der Waals surface area (Å²) in [6.45, 7) is 6.35. The molecule has 0 bridgehead atoms. The van der Waals surface area contributed by atoms with E-state index in [0.717, 1.165) is 23.4 Å². The van der Waals surface area contributed by atoms with Gasteiger partial charge in [-0.2, -0.15) is 13.2 Å². The minimum atomic E-state index is -4.56. The monoisotopic (exact) mass is 458 g/mol. The van der Waals surface area contributed by atoms with Crippen molar-refractivity contribution in [1.29, 1.82) is 0 Å². The second-order valence-corrected chi connectivity index (χ2v) is 8.83. The minimum absolute atomic E-state index is 0.0244. The zero-order valence-electron chi connectivity index (χ0n) is 17.9. The van der Waals surface area contributed by atoms with E-state index in [2.05, 4.69) is 4.90 Å². The highest BCUT2D eigenvalue weighted by Crippen LogP contribution is 2.67. The molecule has 2 atom stereocenters. The van der Waals surface area contributed by atoms with Crippen molar-refractivity contribution < 1.29 is 22.4 Å². The molecule has 0 N–H and O–H groups in total. The van der Waals surface area contributed by atoms with Gasteiger partial charge in [0.1, 0.15) is 0 Å². The van der Waals surface area contributed by atoms with E-state index in [1.54, 1.807) is 0 Å². The van der Waals surface area contributed by atoms with Gasteiger partial charge in [-0.25, -0.2) is 4.39 Å². The highest BCUT2D eigenvalue weighted by atomic mass is 35.5. The second-order valence-electron chi connectivity index (χ2n) is 8.40. The summed E-state index contributed by atoms with van der Waals surface area (Å²) in [6, 6.07) is 0. The van der Waals surface area contributed by atoms with Gasteiger partial charge in [0.15, 0.2) is 0 Å². The van der Waals surface area contributed by atoms with Crippen LogP contribution in [0.4, 0.5) is 17.6 Å². The van der Waals surface area contributed by atoms with Gasteiger partial charge in [0.05, 0.1) is 17.2 Å². The van der Waals surface area contributed by atoms with Crippen LogP contribution in [-0.4, -0.2) is 48.1 Å². The first-order valence-electron chi connectivity index (χ1n) is 10.3. The van der Waals surface area contributed by atoms with Crippen LogP contribution in [0.3, 0.4) is 0 Å². The molecule has 3 rings (SSSR count). The fourth-order valence-electron chi connectivity index (χ4n) is 4.44. The van der Waals surface area contributed by atoms with E-state index in [1.807, 2.05) is 25.2 Å². The molecule has 3 aliphatic rings. The quantitative estimate of drug-likeness (QED) is 0.388. The molecule has 2 aliphatic carbocycles. The zero-order chi connectivity index (χ0) is 23.0. The van der Waals surface area contributed by atoms with Crippen LogP contribution in [0.1, 0.15) is 33.6 Å². The maximum atomic E-state index is 13.9. The molecule has 1 aliphatic heterocycles. The summed E-state index contributed by atoms with van der Waals surface area (Å²) in [5.74, 6) is -2.20. The predicted molar refractivity (Wildman–Crippen MR) is 114 cm³/mol. The van der Waals surface area contributed by atoms with Gasteiger partial charge >= 0.3 is 6.18 Å². The number of carbonyl (C=O) groups excluding carboxylic acids is 1. The SMILES string of the molecule is CC1=C(N2CCN(C(=O)[C@@H]3C[C@@]3(/C(C)=C/C=C(\C)F)C(F)(F)F)CC2)CC=C(Cl)C=C1. The number of allylic oxidation sites excluding steroid dienone is 9. The van der Waals surface area contributed by atoms with Gasteiger partial charge in [0.2, 0.25) is 5.91 Å². The second kappa shape index (κ2) is 8.85. The Balaban J connectivity index is 1.69. The number of carbonyl (C=O) groups is 1. The molecular formula is C23H27ClF4N2O. The molecule has 31 heavy (non-hydrogen) atoms. The Morgan fingerprint density at radius 3 is 2.39 bits per heavy atom. The van der Waals surface area contributed by atoms with E-state index in [0.29, 0.717) is 37.6 Å². The van der Waals surface area contributed by atoms with Crippen LogP contribution in [0, 0.1) is 11.3 Å². The highest BCUT2D eigenvalue weighted by Gasteiger charge is 2.74. The number of amides is 1. The normalized spacial score (nSPS) is 28.0. The van der Waals surface area contributed by atoms with E-state index in [1.165, 1.54) is 18.7 Å². The summed E-state index contributed by atoms with van der Waals surface area (Å²) in [7, 11) is 0. The van der Waals surface area contributed by atoms with E-state index in [-0.39, 0.29) is 12.0 Å². The molecule has 0 aromatic carbocycles. The third kappa shape index (κ3) is 4.76. The summed E-state index contributed by atoms with van der Waals surface area (Å²) >= 11 is 6.08. The van der Waals surface area contributed by atoms with Gasteiger partial charge in [-0.15, -0.1) is 0 Å². The average Bonchev–Trinajstić information content (AvgIpc) is 3.49. The fourth-order valence-corrected chi connectivity index (χ4v) is 4.58. The molecule has 0 aromatic rings. The number of piperazine rings is 1. The number of hydrogen-bond donors (Lipinski definition) is 0. The Morgan fingerprint density at radius 1 is 1.16 bits per heavy atom. The molecule has 170 valence electrons. The summed E-state index contributed by atoms with van der Waals surface area (Å²) in [6.07, 6.45) is 3.69. The van der Waals surface area contributed by atoms with Crippen molar-refractivity contribution >= 4 is 17.5 Å². The lowest BCUT2D eigenvalue weighted by molar-refractivity contribution is -0.183. The average molecular weight is 459 g/mol. The maximum Gasteiger partial charge on any atom is 0.398 e. The van der Waals surface area contributed by atoms with Crippen LogP contribution in [0.5, 0.6) is 0 Å². The Bertz CT molecular complexity index is 888. The van der Waals surface area contributed by atoms with Crippen LogP contribution >= 0.6 is 11.6 Å². The molecule has 3 nitrogen and oxygen atoms in total. The molecule has 1 saturated heterocycles. The van der Waals surface area contributed by atoms with Crippen LogP contribution < -0.4 is 0 Å². The van der Waals surface area contributed by atoms with Crippen LogP contribution in [0.25, 0.3) is 0 Å². The predicted octanol–water partition coefficient (Wildman–Crippen LogP) is 5.88. The van der Waals surface area contributed by atoms with Gasteiger partial charge < -0.3 is 9.80 Å². The van der Waals surface area contributed by atoms with Gasteiger partial charge in [-0.1, -0.05) is 35.4 Å². The maximum absolute atomic E-state index is 13.9. The molecule has 2 fully saturated rings. The lowest BCUT2D eigenvalue weighted by Gasteiger charge is -2.38. The van der Waals surface area contributed by atoms with E-state index < -0.39 is 29.2 Å². The van der Waals surface area contributed by atoms with Crippen molar-refractivity contribution in [2.24, 2.45) is 11.3 Å². The molecule has 8 heteroatoms. The van der Waals surface area contributed by atoms with Gasteiger partial charge in [0, 0.05) is 43.3 Å². The molecule has 1 amide bonds. The largest absolute Gasteiger partial charge is 0.398 e. The smallest absolute Gasteiger partial charge is 0.371 e. The van der Waals surface area contributed by atoms with Crippen molar-refractivity contribution in [2.75, 3.05) is 26.2 Å². The van der Waals surface area contributed by atoms with E-state index in [9.17, 15) is 22.4 Å². The lowest BCUT2D eigenvalue weighted by atomic mass is 9.92. The van der Waals surface area contributed by atoms with Crippen LogP contribution in [0.2, 0.25) is 0 Å². The summed E-state index contributed by atoms with van der Waals surface area (Å²) in [5.41, 5.74) is -0.0206. The number of halogens is 5. The molecular weight excluding hydrogens is 432 g/mol. The first-order chi connectivity index (χ1) is 14.5. The third-order valence-electron chi connectivity index (χ3n) is 6.44. The number of nitrogens with zero attached hydrogens (tertiary/aromatic N) is 2. The lowest BCUT2D eigenvalue weighted by Crippen LogP contribution is -2.49. The first-order valence-corrected chi connectivity index (χ1v) is 10.7. The number of alkyl halides is 3. The fraction of sp³-hybridized carbons (Fsp3) is 0.522. The Morgan fingerprint density at radius 2 is 1.81 bits per heavy atom. The zero-order valence-corrected chi connectivity index (χ0v) is 18.7. The molecule has 0 radical (unpaired) electrons. The Hall–Kier alpha value is -2.02. The third-order valence-corrected chi connectivity index (χ3v) is 6.72. The molecule has 0 spiro atoms. The minimum Gasteiger partial charge on any atom is -0.371 e. The topological polar surface area (TPSA) is 23.6 Å². The Labute approximate surface area is 185 Å². The standard InChI is InChI=1S/C23H27ClF4N2O/c1-15-4-7-18(24)8-9-20(15)29-10-12-30(13-11-29)21(31)19-14-22(19,23(26,27)28)16(2)5-6-17(3)25/h4-8,19H,9-14H2,1-3H3/b16-5+,17-6+/t19-,22-/m0/s1.